The van der Waals surface area contributed by atoms with Crippen LogP contribution in [-0.2, 0) is 4.79 Å². The van der Waals surface area contributed by atoms with E-state index in [1.165, 1.54) is 35.1 Å². The molecule has 1 aliphatic heterocycles. The van der Waals surface area contributed by atoms with Crippen LogP contribution in [0, 0.1) is 11.7 Å². The minimum absolute atomic E-state index is 0.0591. The normalized spacial score (nSPS) is 17.7. The van der Waals surface area contributed by atoms with Crippen LogP contribution in [0.5, 0.6) is 5.75 Å². The largest absolute Gasteiger partial charge is 0.504 e. The van der Waals surface area contributed by atoms with Crippen LogP contribution in [0.3, 0.4) is 0 Å². The average molecular weight is 372 g/mol. The van der Waals surface area contributed by atoms with Gasteiger partial charge in [-0.2, -0.15) is 5.10 Å². The van der Waals surface area contributed by atoms with Gasteiger partial charge in [0, 0.05) is 25.0 Å². The van der Waals surface area contributed by atoms with E-state index in [-0.39, 0.29) is 35.1 Å². The van der Waals surface area contributed by atoms with Gasteiger partial charge in [0.15, 0.2) is 11.4 Å². The summed E-state index contributed by atoms with van der Waals surface area (Å²) in [6.07, 6.45) is 4.67. The van der Waals surface area contributed by atoms with Gasteiger partial charge in [-0.15, -0.1) is 0 Å². The standard InChI is InChI=1S/C19H21FN4O3/c20-13-3-5-15(6-4-13)24-11-16(25)17(22-24)18(26)21-14-7-9-23(10-8-14)19(27)12-1-2-12/h3-6,11-12,14,25H,1-2,7-10H2,(H,21,26). The quantitative estimate of drug-likeness (QED) is 0.857. The van der Waals surface area contributed by atoms with E-state index in [4.69, 9.17) is 0 Å². The van der Waals surface area contributed by atoms with Crippen LogP contribution in [-0.4, -0.2) is 50.7 Å². The molecule has 2 fully saturated rings. The molecule has 0 spiro atoms. The molecule has 2 heterocycles. The van der Waals surface area contributed by atoms with Crippen molar-refractivity contribution in [3.63, 3.8) is 0 Å². The van der Waals surface area contributed by atoms with Gasteiger partial charge in [-0.25, -0.2) is 9.07 Å². The summed E-state index contributed by atoms with van der Waals surface area (Å²) < 4.78 is 14.4. The number of likely N-dealkylation sites (tertiary alicyclic amines) is 1. The number of carbonyl (C=O) groups excluding carboxylic acids is 2. The summed E-state index contributed by atoms with van der Waals surface area (Å²) in [6.45, 7) is 1.27. The molecule has 2 aliphatic rings. The predicted octanol–water partition coefficient (Wildman–Crippen LogP) is 1.85. The van der Waals surface area contributed by atoms with Gasteiger partial charge in [0.25, 0.3) is 5.91 Å². The molecule has 1 aromatic heterocycles. The maximum Gasteiger partial charge on any atom is 0.275 e. The second-order valence-corrected chi connectivity index (χ2v) is 7.13. The van der Waals surface area contributed by atoms with Crippen molar-refractivity contribution >= 4 is 11.8 Å². The summed E-state index contributed by atoms with van der Waals surface area (Å²) >= 11 is 0. The van der Waals surface area contributed by atoms with E-state index in [1.54, 1.807) is 0 Å². The molecule has 7 nitrogen and oxygen atoms in total. The van der Waals surface area contributed by atoms with Crippen molar-refractivity contribution in [2.24, 2.45) is 5.92 Å². The highest BCUT2D eigenvalue weighted by molar-refractivity contribution is 5.95. The number of carbonyl (C=O) groups is 2. The molecule has 1 saturated heterocycles. The highest BCUT2D eigenvalue weighted by Gasteiger charge is 2.35. The first kappa shape index (κ1) is 17.5. The molecule has 27 heavy (non-hydrogen) atoms. The molecule has 8 heteroatoms. The predicted molar refractivity (Wildman–Crippen MR) is 95.0 cm³/mol. The fourth-order valence-electron chi connectivity index (χ4n) is 3.34. The van der Waals surface area contributed by atoms with Crippen LogP contribution in [0.2, 0.25) is 0 Å². The number of amides is 2. The Balaban J connectivity index is 1.37. The highest BCUT2D eigenvalue weighted by atomic mass is 19.1. The summed E-state index contributed by atoms with van der Waals surface area (Å²) in [7, 11) is 0. The number of rotatable bonds is 4. The first-order valence-electron chi connectivity index (χ1n) is 9.15. The van der Waals surface area contributed by atoms with Crippen molar-refractivity contribution in [2.75, 3.05) is 13.1 Å². The minimum Gasteiger partial charge on any atom is -0.504 e. The van der Waals surface area contributed by atoms with Crippen molar-refractivity contribution in [3.8, 4) is 11.4 Å². The number of nitrogens with one attached hydrogen (secondary N) is 1. The van der Waals surface area contributed by atoms with Gasteiger partial charge in [0.2, 0.25) is 5.91 Å². The lowest BCUT2D eigenvalue weighted by Crippen LogP contribution is -2.47. The van der Waals surface area contributed by atoms with Crippen molar-refractivity contribution in [3.05, 3.63) is 42.0 Å². The van der Waals surface area contributed by atoms with Crippen molar-refractivity contribution in [2.45, 2.75) is 31.7 Å². The molecule has 1 aliphatic carbocycles. The van der Waals surface area contributed by atoms with Crippen LogP contribution < -0.4 is 5.32 Å². The number of hydrogen-bond acceptors (Lipinski definition) is 4. The van der Waals surface area contributed by atoms with Crippen LogP contribution in [0.1, 0.15) is 36.2 Å². The van der Waals surface area contributed by atoms with E-state index in [9.17, 15) is 19.1 Å². The third kappa shape index (κ3) is 3.79. The van der Waals surface area contributed by atoms with Gasteiger partial charge in [-0.3, -0.25) is 9.59 Å². The monoisotopic (exact) mass is 372 g/mol. The van der Waals surface area contributed by atoms with Crippen LogP contribution in [0.25, 0.3) is 5.69 Å². The Morgan fingerprint density at radius 3 is 2.41 bits per heavy atom. The third-order valence-corrected chi connectivity index (χ3v) is 5.07. The number of halogens is 1. The topological polar surface area (TPSA) is 87.5 Å². The number of aromatic nitrogens is 2. The molecular weight excluding hydrogens is 351 g/mol. The number of hydrogen-bond donors (Lipinski definition) is 2. The lowest BCUT2D eigenvalue weighted by molar-refractivity contribution is -0.133. The highest BCUT2D eigenvalue weighted by Crippen LogP contribution is 2.32. The van der Waals surface area contributed by atoms with E-state index in [0.29, 0.717) is 31.6 Å². The van der Waals surface area contributed by atoms with Crippen LogP contribution >= 0.6 is 0 Å². The van der Waals surface area contributed by atoms with Gasteiger partial charge in [0.1, 0.15) is 5.82 Å². The Morgan fingerprint density at radius 1 is 1.11 bits per heavy atom. The molecule has 2 aromatic rings. The summed E-state index contributed by atoms with van der Waals surface area (Å²) in [6, 6.07) is 5.53. The number of benzene rings is 1. The lowest BCUT2D eigenvalue weighted by Gasteiger charge is -2.32. The number of nitrogens with zero attached hydrogens (tertiary/aromatic N) is 3. The van der Waals surface area contributed by atoms with E-state index in [1.807, 2.05) is 4.90 Å². The van der Waals surface area contributed by atoms with Gasteiger partial charge >= 0.3 is 0 Å². The summed E-state index contributed by atoms with van der Waals surface area (Å²) in [4.78, 5) is 26.4. The first-order chi connectivity index (χ1) is 13.0. The van der Waals surface area contributed by atoms with Gasteiger partial charge < -0.3 is 15.3 Å². The zero-order valence-corrected chi connectivity index (χ0v) is 14.8. The smallest absolute Gasteiger partial charge is 0.275 e. The second kappa shape index (κ2) is 7.02. The fraction of sp³-hybridized carbons (Fsp3) is 0.421. The second-order valence-electron chi connectivity index (χ2n) is 7.13. The Hall–Kier alpha value is -2.90. The summed E-state index contributed by atoms with van der Waals surface area (Å²) in [5.74, 6) is -0.628. The minimum atomic E-state index is -0.458. The molecule has 1 saturated carbocycles. The maximum absolute atomic E-state index is 13.0. The lowest BCUT2D eigenvalue weighted by atomic mass is 10.0. The SMILES string of the molecule is O=C(NC1CCN(C(=O)C2CC2)CC1)c1nn(-c2ccc(F)cc2)cc1O. The van der Waals surface area contributed by atoms with Crippen molar-refractivity contribution in [1.82, 2.24) is 20.0 Å². The molecule has 4 rings (SSSR count). The van der Waals surface area contributed by atoms with Gasteiger partial charge in [-0.05, 0) is 49.9 Å². The molecule has 0 unspecified atom stereocenters. The third-order valence-electron chi connectivity index (χ3n) is 5.07. The van der Waals surface area contributed by atoms with Gasteiger partial charge in [0.05, 0.1) is 11.9 Å². The van der Waals surface area contributed by atoms with E-state index >= 15 is 0 Å². The molecule has 0 radical (unpaired) electrons. The molecule has 1 aromatic carbocycles. The Labute approximate surface area is 155 Å². The summed E-state index contributed by atoms with van der Waals surface area (Å²) in [5, 5.41) is 17.1. The Morgan fingerprint density at radius 2 is 1.78 bits per heavy atom. The molecule has 0 atom stereocenters. The molecule has 142 valence electrons. The first-order valence-corrected chi connectivity index (χ1v) is 9.15. The van der Waals surface area contributed by atoms with E-state index < -0.39 is 5.91 Å². The zero-order chi connectivity index (χ0) is 19.0. The van der Waals surface area contributed by atoms with E-state index in [0.717, 1.165) is 12.8 Å². The Bertz CT molecular complexity index is 852. The zero-order valence-electron chi connectivity index (χ0n) is 14.8. The van der Waals surface area contributed by atoms with Crippen molar-refractivity contribution < 1.29 is 19.1 Å². The Kier molecular flexibility index (Phi) is 4.55. The van der Waals surface area contributed by atoms with Gasteiger partial charge in [-0.1, -0.05) is 0 Å². The van der Waals surface area contributed by atoms with Crippen LogP contribution in [0.4, 0.5) is 4.39 Å². The molecule has 0 bridgehead atoms. The number of piperidine rings is 1. The summed E-state index contributed by atoms with van der Waals surface area (Å²) in [5.41, 5.74) is 0.466. The fourth-order valence-corrected chi connectivity index (χ4v) is 3.34. The van der Waals surface area contributed by atoms with Crippen molar-refractivity contribution in [1.29, 1.82) is 0 Å². The number of aromatic hydroxyl groups is 1. The van der Waals surface area contributed by atoms with Crippen LogP contribution in [0.15, 0.2) is 30.5 Å². The molecule has 2 N–H and O–H groups in total. The average Bonchev–Trinajstić information content (AvgIpc) is 3.44. The van der Waals surface area contributed by atoms with E-state index in [2.05, 4.69) is 10.4 Å². The maximum atomic E-state index is 13.0. The molecular formula is C19H21FN4O3. The molecule has 2 amide bonds.